The number of carbonyl (C=O) groups excluding carboxylic acids is 2. The second-order valence-corrected chi connectivity index (χ2v) is 8.96. The molecule has 0 atom stereocenters. The van der Waals surface area contributed by atoms with Gasteiger partial charge in [0.15, 0.2) is 5.69 Å². The Balaban J connectivity index is 1.88. The number of nitrogens with one attached hydrogen (secondary N) is 1. The van der Waals surface area contributed by atoms with Gasteiger partial charge in [0, 0.05) is 23.7 Å². The van der Waals surface area contributed by atoms with Crippen molar-refractivity contribution >= 4 is 27.6 Å². The van der Waals surface area contributed by atoms with Gasteiger partial charge in [-0.05, 0) is 61.7 Å². The van der Waals surface area contributed by atoms with E-state index in [0.29, 0.717) is 24.2 Å². The Morgan fingerprint density at radius 1 is 1.16 bits per heavy atom. The van der Waals surface area contributed by atoms with Crippen LogP contribution in [0.3, 0.4) is 0 Å². The van der Waals surface area contributed by atoms with E-state index in [2.05, 4.69) is 10.4 Å². The van der Waals surface area contributed by atoms with Gasteiger partial charge in [0.1, 0.15) is 0 Å². The highest BCUT2D eigenvalue weighted by Crippen LogP contribution is 2.38. The molecule has 166 valence electrons. The zero-order chi connectivity index (χ0) is 23.0. The Morgan fingerprint density at radius 2 is 1.88 bits per heavy atom. The fourth-order valence-electron chi connectivity index (χ4n) is 3.86. The van der Waals surface area contributed by atoms with Gasteiger partial charge in [0.05, 0.1) is 22.9 Å². The topological polar surface area (TPSA) is 133 Å². The molecule has 1 heterocycles. The normalized spacial score (nSPS) is 12.6. The Kier molecular flexibility index (Phi) is 5.57. The number of primary sulfonamides is 1. The van der Waals surface area contributed by atoms with Gasteiger partial charge < -0.3 is 10.1 Å². The molecule has 2 aromatic carbocycles. The minimum atomic E-state index is -3.84. The number of esters is 1. The molecule has 32 heavy (non-hydrogen) atoms. The van der Waals surface area contributed by atoms with Crippen LogP contribution in [0, 0.1) is 0 Å². The number of sulfonamides is 1. The van der Waals surface area contributed by atoms with Crippen LogP contribution in [0.15, 0.2) is 47.4 Å². The number of ether oxygens (including phenoxy) is 1. The lowest BCUT2D eigenvalue weighted by molar-refractivity contribution is -0.114. The number of aromatic nitrogens is 2. The third-order valence-corrected chi connectivity index (χ3v) is 6.12. The largest absolute Gasteiger partial charge is 0.461 e. The van der Waals surface area contributed by atoms with Crippen molar-refractivity contribution in [1.29, 1.82) is 0 Å². The van der Waals surface area contributed by atoms with Crippen LogP contribution < -0.4 is 10.5 Å². The van der Waals surface area contributed by atoms with E-state index >= 15 is 0 Å². The second-order valence-electron chi connectivity index (χ2n) is 7.40. The van der Waals surface area contributed by atoms with Crippen LogP contribution in [0.1, 0.15) is 35.5 Å². The maximum Gasteiger partial charge on any atom is 0.359 e. The molecule has 0 radical (unpaired) electrons. The molecule has 1 aliphatic rings. The van der Waals surface area contributed by atoms with E-state index in [0.717, 1.165) is 22.4 Å². The molecule has 10 heteroatoms. The molecule has 0 aliphatic heterocycles. The predicted molar refractivity (Wildman–Crippen MR) is 118 cm³/mol. The summed E-state index contributed by atoms with van der Waals surface area (Å²) in [6, 6.07) is 11.5. The molecule has 0 saturated heterocycles. The quantitative estimate of drug-likeness (QED) is 0.569. The summed E-state index contributed by atoms with van der Waals surface area (Å²) in [5.74, 6) is -0.673. The van der Waals surface area contributed by atoms with Crippen LogP contribution >= 0.6 is 0 Å². The summed E-state index contributed by atoms with van der Waals surface area (Å²) in [5.41, 5.74) is 4.86. The molecule has 0 unspecified atom stereocenters. The number of hydrogen-bond donors (Lipinski definition) is 2. The number of benzene rings is 2. The summed E-state index contributed by atoms with van der Waals surface area (Å²) in [7, 11) is -3.84. The fourth-order valence-corrected chi connectivity index (χ4v) is 4.38. The number of rotatable bonds is 5. The minimum Gasteiger partial charge on any atom is -0.461 e. The van der Waals surface area contributed by atoms with Gasteiger partial charge in [0.25, 0.3) is 0 Å². The summed E-state index contributed by atoms with van der Waals surface area (Å²) in [4.78, 5) is 24.0. The van der Waals surface area contributed by atoms with E-state index in [-0.39, 0.29) is 23.1 Å². The number of fused-ring (bicyclic) bond motifs is 3. The van der Waals surface area contributed by atoms with Crippen LogP contribution in [0.4, 0.5) is 5.69 Å². The predicted octanol–water partition coefficient (Wildman–Crippen LogP) is 2.42. The molecular formula is C22H22N4O5S. The van der Waals surface area contributed by atoms with Crippen molar-refractivity contribution in [3.05, 3.63) is 59.3 Å². The number of hydrogen-bond acceptors (Lipinski definition) is 6. The molecule has 4 rings (SSSR count). The lowest BCUT2D eigenvalue weighted by atomic mass is 9.88. The first-order valence-electron chi connectivity index (χ1n) is 10.0. The average molecular weight is 455 g/mol. The number of nitrogens with two attached hydrogens (primary N) is 1. The first-order chi connectivity index (χ1) is 15.2. The van der Waals surface area contributed by atoms with Crippen molar-refractivity contribution in [1.82, 2.24) is 9.78 Å². The van der Waals surface area contributed by atoms with Gasteiger partial charge >= 0.3 is 5.97 Å². The van der Waals surface area contributed by atoms with Crippen molar-refractivity contribution < 1.29 is 22.7 Å². The number of carbonyl (C=O) groups is 2. The summed E-state index contributed by atoms with van der Waals surface area (Å²) < 4.78 is 30.0. The Labute approximate surface area is 185 Å². The van der Waals surface area contributed by atoms with Gasteiger partial charge in [-0.25, -0.2) is 23.0 Å². The molecule has 0 saturated carbocycles. The average Bonchev–Trinajstić information content (AvgIpc) is 3.13. The lowest BCUT2D eigenvalue weighted by Gasteiger charge is -2.20. The molecule has 9 nitrogen and oxygen atoms in total. The van der Waals surface area contributed by atoms with E-state index in [1.54, 1.807) is 29.8 Å². The van der Waals surface area contributed by atoms with E-state index in [9.17, 15) is 18.0 Å². The number of nitrogens with zero attached hydrogens (tertiary/aromatic N) is 2. The Hall–Kier alpha value is -3.50. The van der Waals surface area contributed by atoms with Gasteiger partial charge in [-0.1, -0.05) is 6.07 Å². The van der Waals surface area contributed by atoms with Gasteiger partial charge in [-0.2, -0.15) is 5.10 Å². The molecule has 1 aliphatic carbocycles. The van der Waals surface area contributed by atoms with Crippen molar-refractivity contribution in [3.63, 3.8) is 0 Å². The maximum atomic E-state index is 12.6. The summed E-state index contributed by atoms with van der Waals surface area (Å²) in [6.07, 6.45) is 1.23. The highest BCUT2D eigenvalue weighted by atomic mass is 32.2. The van der Waals surface area contributed by atoms with Gasteiger partial charge in [0.2, 0.25) is 15.9 Å². The smallest absolute Gasteiger partial charge is 0.359 e. The molecule has 0 spiro atoms. The summed E-state index contributed by atoms with van der Waals surface area (Å²) in [6.45, 7) is 3.40. The van der Waals surface area contributed by atoms with E-state index in [4.69, 9.17) is 9.88 Å². The van der Waals surface area contributed by atoms with Crippen LogP contribution in [0.25, 0.3) is 16.9 Å². The molecule has 3 N–H and O–H groups in total. The third kappa shape index (κ3) is 4.02. The molecular weight excluding hydrogens is 432 g/mol. The van der Waals surface area contributed by atoms with E-state index < -0.39 is 16.0 Å². The molecule has 0 bridgehead atoms. The van der Waals surface area contributed by atoms with Crippen molar-refractivity contribution in [2.45, 2.75) is 31.6 Å². The number of aryl methyl sites for hydroxylation is 1. The fraction of sp³-hybridized carbons (Fsp3) is 0.227. The van der Waals surface area contributed by atoms with Gasteiger partial charge in [-0.15, -0.1) is 0 Å². The molecule has 1 aromatic heterocycles. The Bertz CT molecular complexity index is 1330. The van der Waals surface area contributed by atoms with Crippen LogP contribution in [-0.2, 0) is 32.4 Å². The van der Waals surface area contributed by atoms with E-state index in [1.807, 2.05) is 12.1 Å². The van der Waals surface area contributed by atoms with Crippen LogP contribution in [0.2, 0.25) is 0 Å². The van der Waals surface area contributed by atoms with Crippen molar-refractivity contribution in [3.8, 4) is 16.9 Å². The monoisotopic (exact) mass is 454 g/mol. The molecule has 0 fully saturated rings. The van der Waals surface area contributed by atoms with Crippen molar-refractivity contribution in [2.75, 3.05) is 11.9 Å². The first-order valence-corrected chi connectivity index (χ1v) is 11.6. The second kappa shape index (κ2) is 8.21. The number of anilines is 1. The van der Waals surface area contributed by atoms with Crippen LogP contribution in [-0.4, -0.2) is 36.7 Å². The Morgan fingerprint density at radius 3 is 2.50 bits per heavy atom. The van der Waals surface area contributed by atoms with Crippen LogP contribution in [0.5, 0.6) is 0 Å². The highest BCUT2D eigenvalue weighted by Gasteiger charge is 2.30. The molecule has 3 aromatic rings. The van der Waals surface area contributed by atoms with Gasteiger partial charge in [-0.3, -0.25) is 4.79 Å². The molecule has 1 amide bonds. The van der Waals surface area contributed by atoms with E-state index in [1.165, 1.54) is 19.1 Å². The maximum absolute atomic E-state index is 12.6. The lowest BCUT2D eigenvalue weighted by Crippen LogP contribution is -2.12. The third-order valence-electron chi connectivity index (χ3n) is 5.19. The van der Waals surface area contributed by atoms with Crippen molar-refractivity contribution in [2.24, 2.45) is 5.14 Å². The first kappa shape index (κ1) is 21.7. The highest BCUT2D eigenvalue weighted by molar-refractivity contribution is 7.89. The number of amides is 1. The minimum absolute atomic E-state index is 0.0201. The summed E-state index contributed by atoms with van der Waals surface area (Å²) >= 11 is 0. The standard InChI is InChI=1S/C22H22N4O5S/c1-3-31-22(28)20-19-10-4-14-12-15(24-13(2)27)5-11-18(14)21(19)26(25-20)16-6-8-17(9-7-16)32(23,29)30/h5-9,11-12H,3-4,10H2,1-2H3,(H,24,27)(H2,23,29,30). The SMILES string of the molecule is CCOC(=O)c1nn(-c2ccc(S(N)(=O)=O)cc2)c2c1CCc1cc(NC(C)=O)ccc1-2. The zero-order valence-electron chi connectivity index (χ0n) is 17.6. The summed E-state index contributed by atoms with van der Waals surface area (Å²) in [5, 5.41) is 12.5. The zero-order valence-corrected chi connectivity index (χ0v) is 18.4.